The lowest BCUT2D eigenvalue weighted by Gasteiger charge is -2.11. The normalized spacial score (nSPS) is 10.2. The number of carbonyl (C=O) groups excluding carboxylic acids is 2. The molecule has 1 heterocycles. The van der Waals surface area contributed by atoms with Gasteiger partial charge in [0.05, 0.1) is 30.8 Å². The Morgan fingerprint density at radius 2 is 1.61 bits per heavy atom. The van der Waals surface area contributed by atoms with E-state index in [0.717, 1.165) is 22.3 Å². The predicted molar refractivity (Wildman–Crippen MR) is 107 cm³/mol. The van der Waals surface area contributed by atoms with Gasteiger partial charge in [0, 0.05) is 5.69 Å². The van der Waals surface area contributed by atoms with Crippen molar-refractivity contribution in [1.29, 1.82) is 0 Å². The molecule has 0 saturated heterocycles. The minimum atomic E-state index is -0.378. The molecule has 1 aromatic heterocycles. The number of hydrogen-bond donors (Lipinski definition) is 2. The van der Waals surface area contributed by atoms with E-state index in [4.69, 9.17) is 4.74 Å². The highest BCUT2D eigenvalue weighted by Gasteiger charge is 2.10. The zero-order valence-corrected chi connectivity index (χ0v) is 15.8. The fourth-order valence-electron chi connectivity index (χ4n) is 2.71. The molecule has 142 valence electrons. The van der Waals surface area contributed by atoms with Gasteiger partial charge in [-0.15, -0.1) is 0 Å². The molecule has 2 aromatic carbocycles. The second-order valence-electron chi connectivity index (χ2n) is 6.26. The number of urea groups is 1. The lowest BCUT2D eigenvalue weighted by atomic mass is 9.98. The average Bonchev–Trinajstić information content (AvgIpc) is 2.70. The number of ether oxygens (including phenoxy) is 1. The number of amides is 2. The number of nitrogens with zero attached hydrogens (tertiary/aromatic N) is 2. The summed E-state index contributed by atoms with van der Waals surface area (Å²) in [6.07, 6.45) is 3.07. The van der Waals surface area contributed by atoms with Gasteiger partial charge in [0.25, 0.3) is 0 Å². The minimum Gasteiger partial charge on any atom is -0.465 e. The third-order valence-corrected chi connectivity index (χ3v) is 4.29. The van der Waals surface area contributed by atoms with Crippen molar-refractivity contribution in [2.24, 2.45) is 0 Å². The van der Waals surface area contributed by atoms with E-state index in [2.05, 4.69) is 20.8 Å². The summed E-state index contributed by atoms with van der Waals surface area (Å²) < 4.78 is 4.79. The number of aryl methyl sites for hydroxylation is 2. The Bertz CT molecular complexity index is 1020. The number of esters is 1. The molecule has 0 aliphatic carbocycles. The molecule has 0 aliphatic rings. The van der Waals surface area contributed by atoms with Crippen LogP contribution < -0.4 is 10.6 Å². The molecule has 3 rings (SSSR count). The molecule has 0 bridgehead atoms. The fourth-order valence-corrected chi connectivity index (χ4v) is 2.71. The Morgan fingerprint density at radius 3 is 2.29 bits per heavy atom. The first kappa shape index (κ1) is 19.0. The van der Waals surface area contributed by atoms with E-state index >= 15 is 0 Å². The van der Waals surface area contributed by atoms with Crippen molar-refractivity contribution in [3.05, 3.63) is 71.5 Å². The predicted octanol–water partition coefficient (Wildman–Crippen LogP) is 4.19. The van der Waals surface area contributed by atoms with E-state index in [1.54, 1.807) is 30.5 Å². The van der Waals surface area contributed by atoms with Gasteiger partial charge >= 0.3 is 12.0 Å². The van der Waals surface area contributed by atoms with Crippen molar-refractivity contribution in [2.45, 2.75) is 13.8 Å². The maximum Gasteiger partial charge on any atom is 0.337 e. The van der Waals surface area contributed by atoms with E-state index in [1.165, 1.54) is 13.3 Å². The van der Waals surface area contributed by atoms with Crippen LogP contribution in [0, 0.1) is 13.8 Å². The molecular formula is C21H20N4O3. The topological polar surface area (TPSA) is 93.2 Å². The van der Waals surface area contributed by atoms with Crippen molar-refractivity contribution in [3.8, 4) is 11.1 Å². The smallest absolute Gasteiger partial charge is 0.337 e. The molecule has 0 spiro atoms. The fraction of sp³-hybridized carbons (Fsp3) is 0.143. The first-order valence-electron chi connectivity index (χ1n) is 8.62. The van der Waals surface area contributed by atoms with E-state index in [1.807, 2.05) is 32.0 Å². The number of rotatable bonds is 4. The second kappa shape index (κ2) is 8.30. The van der Waals surface area contributed by atoms with Crippen molar-refractivity contribution in [1.82, 2.24) is 10.2 Å². The quantitative estimate of drug-likeness (QED) is 0.666. The van der Waals surface area contributed by atoms with Crippen molar-refractivity contribution >= 4 is 23.4 Å². The molecule has 2 N–H and O–H groups in total. The summed E-state index contributed by atoms with van der Waals surface area (Å²) in [5.74, 6) is -0.378. The van der Waals surface area contributed by atoms with Crippen LogP contribution in [0.3, 0.4) is 0 Å². The molecule has 0 aliphatic heterocycles. The molecule has 0 saturated carbocycles. The van der Waals surface area contributed by atoms with Crippen LogP contribution in [0.2, 0.25) is 0 Å². The van der Waals surface area contributed by atoms with Crippen LogP contribution in [0.1, 0.15) is 21.5 Å². The SMILES string of the molecule is COC(=O)c1ccc(C)c(-c2ccc(NC(=O)Nc3cnncc3C)cc2)c1. The second-order valence-corrected chi connectivity index (χ2v) is 6.26. The van der Waals surface area contributed by atoms with Gasteiger partial charge in [0.2, 0.25) is 0 Å². The molecule has 3 aromatic rings. The molecule has 2 amide bonds. The van der Waals surface area contributed by atoms with Crippen LogP contribution in [-0.4, -0.2) is 29.3 Å². The van der Waals surface area contributed by atoms with E-state index < -0.39 is 0 Å². The van der Waals surface area contributed by atoms with Crippen LogP contribution in [0.15, 0.2) is 54.9 Å². The molecule has 7 heteroatoms. The van der Waals surface area contributed by atoms with Crippen molar-refractivity contribution in [2.75, 3.05) is 17.7 Å². The summed E-state index contributed by atoms with van der Waals surface area (Å²) in [6.45, 7) is 3.81. The lowest BCUT2D eigenvalue weighted by molar-refractivity contribution is 0.0600. The standard InChI is InChI=1S/C21H20N4O3/c1-13-4-5-16(20(26)28-3)10-18(13)15-6-8-17(9-7-15)24-21(27)25-19-12-23-22-11-14(19)2/h4-12H,1-3H3,(H2,22,24,25,27). The number of carbonyl (C=O) groups is 2. The highest BCUT2D eigenvalue weighted by Crippen LogP contribution is 2.26. The number of anilines is 2. The number of nitrogens with one attached hydrogen (secondary N) is 2. The summed E-state index contributed by atoms with van der Waals surface area (Å²) in [5, 5.41) is 13.0. The highest BCUT2D eigenvalue weighted by molar-refractivity contribution is 6.00. The third-order valence-electron chi connectivity index (χ3n) is 4.29. The third kappa shape index (κ3) is 4.32. The zero-order chi connectivity index (χ0) is 20.1. The van der Waals surface area contributed by atoms with Gasteiger partial charge < -0.3 is 15.4 Å². The summed E-state index contributed by atoms with van der Waals surface area (Å²) in [5.41, 5.74) is 5.45. The van der Waals surface area contributed by atoms with Crippen LogP contribution in [0.4, 0.5) is 16.2 Å². The van der Waals surface area contributed by atoms with Crippen molar-refractivity contribution in [3.63, 3.8) is 0 Å². The van der Waals surface area contributed by atoms with Gasteiger partial charge in [-0.3, -0.25) is 0 Å². The number of methoxy groups -OCH3 is 1. The first-order valence-corrected chi connectivity index (χ1v) is 8.62. The molecule has 7 nitrogen and oxygen atoms in total. The lowest BCUT2D eigenvalue weighted by Crippen LogP contribution is -2.20. The Balaban J connectivity index is 1.74. The molecule has 0 unspecified atom stereocenters. The van der Waals surface area contributed by atoms with Gasteiger partial charge in [0.15, 0.2) is 0 Å². The minimum absolute atomic E-state index is 0.368. The van der Waals surface area contributed by atoms with Crippen LogP contribution >= 0.6 is 0 Å². The number of benzene rings is 2. The largest absolute Gasteiger partial charge is 0.465 e. The maximum absolute atomic E-state index is 12.2. The molecule has 0 fully saturated rings. The van der Waals surface area contributed by atoms with Crippen molar-refractivity contribution < 1.29 is 14.3 Å². The molecular weight excluding hydrogens is 356 g/mol. The summed E-state index contributed by atoms with van der Waals surface area (Å²) in [6, 6.07) is 12.4. The van der Waals surface area contributed by atoms with Crippen LogP contribution in [0.5, 0.6) is 0 Å². The van der Waals surface area contributed by atoms with Gasteiger partial charge in [-0.05, 0) is 60.4 Å². The Kier molecular flexibility index (Phi) is 5.64. The van der Waals surface area contributed by atoms with Gasteiger partial charge in [-0.1, -0.05) is 18.2 Å². The van der Waals surface area contributed by atoms with E-state index in [-0.39, 0.29) is 12.0 Å². The number of aromatic nitrogens is 2. The van der Waals surface area contributed by atoms with Crippen LogP contribution in [0.25, 0.3) is 11.1 Å². The Labute approximate surface area is 162 Å². The van der Waals surface area contributed by atoms with E-state index in [0.29, 0.717) is 16.9 Å². The Morgan fingerprint density at radius 1 is 0.893 bits per heavy atom. The summed E-state index contributed by atoms with van der Waals surface area (Å²) >= 11 is 0. The van der Waals surface area contributed by atoms with Gasteiger partial charge in [-0.25, -0.2) is 9.59 Å². The van der Waals surface area contributed by atoms with Gasteiger partial charge in [0.1, 0.15) is 0 Å². The monoisotopic (exact) mass is 376 g/mol. The molecule has 0 atom stereocenters. The number of hydrogen-bond acceptors (Lipinski definition) is 5. The Hall–Kier alpha value is -3.74. The van der Waals surface area contributed by atoms with Gasteiger partial charge in [-0.2, -0.15) is 10.2 Å². The maximum atomic E-state index is 12.2. The average molecular weight is 376 g/mol. The zero-order valence-electron chi connectivity index (χ0n) is 15.8. The van der Waals surface area contributed by atoms with Crippen LogP contribution in [-0.2, 0) is 4.74 Å². The first-order chi connectivity index (χ1) is 13.5. The van der Waals surface area contributed by atoms with E-state index in [9.17, 15) is 9.59 Å². The molecule has 28 heavy (non-hydrogen) atoms. The molecule has 0 radical (unpaired) electrons. The summed E-state index contributed by atoms with van der Waals surface area (Å²) in [7, 11) is 1.36. The summed E-state index contributed by atoms with van der Waals surface area (Å²) in [4.78, 5) is 23.9. The highest BCUT2D eigenvalue weighted by atomic mass is 16.5.